The molecule has 0 saturated carbocycles. The summed E-state index contributed by atoms with van der Waals surface area (Å²) in [4.78, 5) is 36.7. The average molecular weight is 365 g/mol. The number of rotatable bonds is 5. The van der Waals surface area contributed by atoms with E-state index in [0.29, 0.717) is 32.0 Å². The molecule has 1 aliphatic rings. The van der Waals surface area contributed by atoms with Gasteiger partial charge in [0.15, 0.2) is 6.61 Å². The van der Waals surface area contributed by atoms with Crippen LogP contribution in [0.15, 0.2) is 18.2 Å². The van der Waals surface area contributed by atoms with Crippen molar-refractivity contribution < 1.29 is 24.0 Å². The first kappa shape index (κ1) is 19.6. The molecule has 1 fully saturated rings. The molecule has 0 unspecified atom stereocenters. The number of hydrogen-bond donors (Lipinski definition) is 1. The third kappa shape index (κ3) is 5.41. The van der Waals surface area contributed by atoms with Crippen molar-refractivity contribution in [3.8, 4) is 0 Å². The molecule has 0 aromatic heterocycles. The Bertz CT molecular complexity index is 692. The average Bonchev–Trinajstić information content (AvgIpc) is 2.58. The van der Waals surface area contributed by atoms with E-state index < -0.39 is 28.9 Å². The highest BCUT2D eigenvalue weighted by Crippen LogP contribution is 2.27. The minimum atomic E-state index is -0.778. The van der Waals surface area contributed by atoms with Crippen LogP contribution in [0.4, 0.5) is 11.4 Å². The molecule has 0 bridgehead atoms. The minimum Gasteiger partial charge on any atom is -0.452 e. The number of hydrogen-bond acceptors (Lipinski definition) is 7. The number of benzene rings is 1. The van der Waals surface area contributed by atoms with Gasteiger partial charge in [-0.1, -0.05) is 0 Å². The molecule has 0 spiro atoms. The van der Waals surface area contributed by atoms with E-state index in [9.17, 15) is 19.7 Å². The van der Waals surface area contributed by atoms with Crippen LogP contribution in [0, 0.1) is 10.1 Å². The fourth-order valence-corrected chi connectivity index (χ4v) is 2.54. The first-order valence-electron chi connectivity index (χ1n) is 8.26. The fraction of sp³-hybridized carbons (Fsp3) is 0.529. The summed E-state index contributed by atoms with van der Waals surface area (Å²) in [6.07, 6.45) is 0. The number of carbonyl (C=O) groups is 2. The molecular weight excluding hydrogens is 342 g/mol. The van der Waals surface area contributed by atoms with Gasteiger partial charge in [-0.25, -0.2) is 4.79 Å². The third-order valence-corrected chi connectivity index (χ3v) is 3.61. The van der Waals surface area contributed by atoms with Crippen LogP contribution in [-0.2, 0) is 14.3 Å². The van der Waals surface area contributed by atoms with Crippen molar-refractivity contribution >= 4 is 23.3 Å². The molecule has 1 heterocycles. The zero-order valence-electron chi connectivity index (χ0n) is 15.1. The number of nitro benzene ring substituents is 1. The largest absolute Gasteiger partial charge is 0.452 e. The minimum absolute atomic E-state index is 0.0599. The van der Waals surface area contributed by atoms with Gasteiger partial charge in [0.2, 0.25) is 0 Å². The van der Waals surface area contributed by atoms with Crippen LogP contribution in [0.5, 0.6) is 0 Å². The van der Waals surface area contributed by atoms with E-state index in [2.05, 4.69) is 5.32 Å². The van der Waals surface area contributed by atoms with Gasteiger partial charge in [-0.15, -0.1) is 0 Å². The van der Waals surface area contributed by atoms with Crippen molar-refractivity contribution in [3.05, 3.63) is 33.9 Å². The fourth-order valence-electron chi connectivity index (χ4n) is 2.54. The Hall–Kier alpha value is -2.68. The van der Waals surface area contributed by atoms with Gasteiger partial charge >= 0.3 is 5.97 Å². The summed E-state index contributed by atoms with van der Waals surface area (Å²) >= 11 is 0. The van der Waals surface area contributed by atoms with Gasteiger partial charge in [-0.3, -0.25) is 14.9 Å². The molecule has 0 radical (unpaired) electrons. The number of nitro groups is 1. The van der Waals surface area contributed by atoms with Gasteiger partial charge < -0.3 is 19.7 Å². The molecule has 1 aromatic rings. The second-order valence-corrected chi connectivity index (χ2v) is 6.93. The van der Waals surface area contributed by atoms with Gasteiger partial charge in [0.05, 0.1) is 29.4 Å². The van der Waals surface area contributed by atoms with Crippen molar-refractivity contribution in [2.45, 2.75) is 26.3 Å². The summed E-state index contributed by atoms with van der Waals surface area (Å²) in [5.74, 6) is -1.22. The maximum atomic E-state index is 12.5. The Morgan fingerprint density at radius 2 is 1.96 bits per heavy atom. The summed E-state index contributed by atoms with van der Waals surface area (Å²) < 4.78 is 10.4. The molecule has 1 aromatic carbocycles. The number of anilines is 1. The van der Waals surface area contributed by atoms with Crippen LogP contribution in [0.3, 0.4) is 0 Å². The van der Waals surface area contributed by atoms with Gasteiger partial charge in [0.1, 0.15) is 0 Å². The zero-order valence-corrected chi connectivity index (χ0v) is 15.1. The second kappa shape index (κ2) is 8.13. The molecule has 26 heavy (non-hydrogen) atoms. The quantitative estimate of drug-likeness (QED) is 0.478. The monoisotopic (exact) mass is 365 g/mol. The molecule has 1 amide bonds. The molecule has 9 heteroatoms. The van der Waals surface area contributed by atoms with Gasteiger partial charge in [0, 0.05) is 30.8 Å². The molecule has 1 aliphatic heterocycles. The van der Waals surface area contributed by atoms with Crippen LogP contribution in [-0.4, -0.2) is 55.2 Å². The summed E-state index contributed by atoms with van der Waals surface area (Å²) in [7, 11) is 0. The van der Waals surface area contributed by atoms with E-state index >= 15 is 0 Å². The number of morpholine rings is 1. The lowest BCUT2D eigenvalue weighted by atomic mass is 10.1. The first-order valence-corrected chi connectivity index (χ1v) is 8.26. The Kier molecular flexibility index (Phi) is 6.14. The first-order chi connectivity index (χ1) is 12.2. The molecule has 1 N–H and O–H groups in total. The van der Waals surface area contributed by atoms with Crippen molar-refractivity contribution in [1.82, 2.24) is 5.32 Å². The summed E-state index contributed by atoms with van der Waals surface area (Å²) in [6.45, 7) is 7.09. The molecule has 142 valence electrons. The van der Waals surface area contributed by atoms with Crippen molar-refractivity contribution in [2.75, 3.05) is 37.8 Å². The van der Waals surface area contributed by atoms with Crippen LogP contribution in [0.25, 0.3) is 0 Å². The number of nitrogens with one attached hydrogen (secondary N) is 1. The lowest BCUT2D eigenvalue weighted by Crippen LogP contribution is -2.42. The van der Waals surface area contributed by atoms with Crippen LogP contribution in [0.1, 0.15) is 31.1 Å². The Balaban J connectivity index is 2.18. The van der Waals surface area contributed by atoms with Crippen LogP contribution < -0.4 is 10.2 Å². The standard InChI is InChI=1S/C17H23N3O6/c1-17(2,3)18-15(21)11-26-16(22)13-10-12(20(23)24)4-5-14(13)19-6-8-25-9-7-19/h4-5,10H,6-9,11H2,1-3H3,(H,18,21). The predicted molar refractivity (Wildman–Crippen MR) is 94.3 cm³/mol. The Morgan fingerprint density at radius 1 is 1.31 bits per heavy atom. The van der Waals surface area contributed by atoms with Gasteiger partial charge in [-0.2, -0.15) is 0 Å². The van der Waals surface area contributed by atoms with Crippen LogP contribution in [0.2, 0.25) is 0 Å². The summed E-state index contributed by atoms with van der Waals surface area (Å²) in [5, 5.41) is 13.7. The maximum absolute atomic E-state index is 12.5. The topological polar surface area (TPSA) is 111 Å². The van der Waals surface area contributed by atoms with E-state index in [0.717, 1.165) is 0 Å². The molecule has 9 nitrogen and oxygen atoms in total. The SMILES string of the molecule is CC(C)(C)NC(=O)COC(=O)c1cc([N+](=O)[O-])ccc1N1CCOCC1. The van der Waals surface area contributed by atoms with Crippen LogP contribution >= 0.6 is 0 Å². The second-order valence-electron chi connectivity index (χ2n) is 6.93. The van der Waals surface area contributed by atoms with Gasteiger partial charge in [0.25, 0.3) is 11.6 Å². The van der Waals surface area contributed by atoms with E-state index in [4.69, 9.17) is 9.47 Å². The Labute approximate surface area is 151 Å². The summed E-state index contributed by atoms with van der Waals surface area (Å²) in [6, 6.07) is 4.04. The molecular formula is C17H23N3O6. The lowest BCUT2D eigenvalue weighted by molar-refractivity contribution is -0.384. The number of non-ortho nitro benzene ring substituents is 1. The van der Waals surface area contributed by atoms with E-state index in [1.54, 1.807) is 0 Å². The molecule has 1 saturated heterocycles. The molecule has 0 aliphatic carbocycles. The van der Waals surface area contributed by atoms with Crippen molar-refractivity contribution in [3.63, 3.8) is 0 Å². The number of esters is 1. The zero-order chi connectivity index (χ0) is 19.3. The van der Waals surface area contributed by atoms with Crippen molar-refractivity contribution in [2.24, 2.45) is 0 Å². The van der Waals surface area contributed by atoms with E-state index in [1.807, 2.05) is 25.7 Å². The molecule has 0 atom stereocenters. The number of amides is 1. The third-order valence-electron chi connectivity index (χ3n) is 3.61. The number of carbonyl (C=O) groups excluding carboxylic acids is 2. The highest BCUT2D eigenvalue weighted by Gasteiger charge is 2.24. The highest BCUT2D eigenvalue weighted by atomic mass is 16.6. The number of ether oxygens (including phenoxy) is 2. The maximum Gasteiger partial charge on any atom is 0.341 e. The highest BCUT2D eigenvalue weighted by molar-refractivity contribution is 5.97. The Morgan fingerprint density at radius 3 is 2.54 bits per heavy atom. The normalized spacial score (nSPS) is 14.7. The lowest BCUT2D eigenvalue weighted by Gasteiger charge is -2.30. The van der Waals surface area contributed by atoms with Gasteiger partial charge in [-0.05, 0) is 26.8 Å². The van der Waals surface area contributed by atoms with E-state index in [-0.39, 0.29) is 11.3 Å². The molecule has 2 rings (SSSR count). The summed E-state index contributed by atoms with van der Waals surface area (Å²) in [5.41, 5.74) is -0.0774. The van der Waals surface area contributed by atoms with Crippen molar-refractivity contribution in [1.29, 1.82) is 0 Å². The van der Waals surface area contributed by atoms with E-state index in [1.165, 1.54) is 18.2 Å². The number of nitrogens with zero attached hydrogens (tertiary/aromatic N) is 2. The predicted octanol–water partition coefficient (Wildman–Crippen LogP) is 1.50. The smallest absolute Gasteiger partial charge is 0.341 e.